The Labute approximate surface area is 165 Å². The quantitative estimate of drug-likeness (QED) is 0.396. The Balaban J connectivity index is 1.71. The fourth-order valence-electron chi connectivity index (χ4n) is 3.66. The highest BCUT2D eigenvalue weighted by Gasteiger charge is 2.22. The smallest absolute Gasteiger partial charge is 0.191 e. The summed E-state index contributed by atoms with van der Waals surface area (Å²) in [5.41, 5.74) is 1.55. The molecule has 0 aromatic heterocycles. The number of nitrogens with zero attached hydrogens (tertiary/aromatic N) is 2. The summed E-state index contributed by atoms with van der Waals surface area (Å²) in [5, 5.41) is 7.16. The number of rotatable bonds is 9. The lowest BCUT2D eigenvalue weighted by atomic mass is 9.86. The minimum Gasteiger partial charge on any atom is -0.385 e. The normalized spacial score (nSPS) is 17.1. The number of likely N-dealkylation sites (tertiary alicyclic amines) is 1. The van der Waals surface area contributed by atoms with Gasteiger partial charge in [-0.1, -0.05) is 44.2 Å². The molecular formula is C22H38N4O. The third-order valence-electron chi connectivity index (χ3n) is 5.23. The van der Waals surface area contributed by atoms with Gasteiger partial charge in [0, 0.05) is 53.0 Å². The van der Waals surface area contributed by atoms with Crippen LogP contribution in [-0.2, 0) is 11.2 Å². The Morgan fingerprint density at radius 3 is 2.56 bits per heavy atom. The first-order valence-electron chi connectivity index (χ1n) is 10.2. The predicted octanol–water partition coefficient (Wildman–Crippen LogP) is 2.92. The second kappa shape index (κ2) is 11.3. The van der Waals surface area contributed by atoms with Crippen LogP contribution in [0.25, 0.3) is 0 Å². The van der Waals surface area contributed by atoms with E-state index in [0.717, 1.165) is 51.6 Å². The zero-order chi connectivity index (χ0) is 19.5. The van der Waals surface area contributed by atoms with E-state index in [1.807, 2.05) is 7.05 Å². The van der Waals surface area contributed by atoms with E-state index in [9.17, 15) is 0 Å². The van der Waals surface area contributed by atoms with Crippen LogP contribution in [0.1, 0.15) is 38.7 Å². The van der Waals surface area contributed by atoms with Gasteiger partial charge in [-0.05, 0) is 36.7 Å². The Kier molecular flexibility index (Phi) is 9.08. The molecule has 2 N–H and O–H groups in total. The molecule has 0 bridgehead atoms. The van der Waals surface area contributed by atoms with Crippen molar-refractivity contribution >= 4 is 5.96 Å². The molecule has 0 radical (unpaired) electrons. The van der Waals surface area contributed by atoms with Crippen molar-refractivity contribution in [2.24, 2.45) is 10.4 Å². The highest BCUT2D eigenvalue weighted by atomic mass is 16.5. The molecule has 1 aliphatic rings. The molecule has 27 heavy (non-hydrogen) atoms. The molecule has 1 saturated heterocycles. The number of hydrogen-bond donors (Lipinski definition) is 2. The van der Waals surface area contributed by atoms with Gasteiger partial charge in [0.05, 0.1) is 0 Å². The molecule has 0 spiro atoms. The monoisotopic (exact) mass is 374 g/mol. The molecule has 1 fully saturated rings. The second-order valence-corrected chi connectivity index (χ2v) is 8.36. The molecule has 0 amide bonds. The molecule has 1 aromatic carbocycles. The van der Waals surface area contributed by atoms with Crippen molar-refractivity contribution in [3.63, 3.8) is 0 Å². The van der Waals surface area contributed by atoms with Crippen LogP contribution in [0.2, 0.25) is 0 Å². The highest BCUT2D eigenvalue weighted by Crippen LogP contribution is 2.20. The van der Waals surface area contributed by atoms with Crippen LogP contribution in [0.5, 0.6) is 0 Å². The Morgan fingerprint density at radius 1 is 1.22 bits per heavy atom. The molecule has 5 nitrogen and oxygen atoms in total. The first-order chi connectivity index (χ1) is 13.0. The number of guanidine groups is 1. The number of methoxy groups -OCH3 is 1. The summed E-state index contributed by atoms with van der Waals surface area (Å²) in [6.45, 7) is 9.81. The molecule has 0 unspecified atom stereocenters. The van der Waals surface area contributed by atoms with Gasteiger partial charge in [0.25, 0.3) is 0 Å². The Hall–Kier alpha value is -1.59. The Morgan fingerprint density at radius 2 is 1.93 bits per heavy atom. The second-order valence-electron chi connectivity index (χ2n) is 8.36. The van der Waals surface area contributed by atoms with Crippen LogP contribution in [0.3, 0.4) is 0 Å². The van der Waals surface area contributed by atoms with Crippen LogP contribution < -0.4 is 10.6 Å². The highest BCUT2D eigenvalue weighted by molar-refractivity contribution is 5.80. The van der Waals surface area contributed by atoms with Gasteiger partial charge in [-0.15, -0.1) is 0 Å². The molecule has 152 valence electrons. The fraction of sp³-hybridized carbons (Fsp3) is 0.682. The van der Waals surface area contributed by atoms with Crippen molar-refractivity contribution < 1.29 is 4.74 Å². The first-order valence-corrected chi connectivity index (χ1v) is 10.2. The molecule has 0 atom stereocenters. The van der Waals surface area contributed by atoms with Crippen molar-refractivity contribution in [1.29, 1.82) is 0 Å². The maximum atomic E-state index is 5.15. The number of ether oxygens (including phenoxy) is 1. The van der Waals surface area contributed by atoms with Crippen LogP contribution in [-0.4, -0.2) is 63.8 Å². The van der Waals surface area contributed by atoms with Crippen molar-refractivity contribution in [1.82, 2.24) is 15.5 Å². The molecular weight excluding hydrogens is 336 g/mol. The summed E-state index contributed by atoms with van der Waals surface area (Å²) in [5.74, 6) is 0.925. The average Bonchev–Trinajstić information content (AvgIpc) is 2.67. The molecule has 1 aliphatic heterocycles. The number of piperidine rings is 1. The molecule has 1 aromatic rings. The van der Waals surface area contributed by atoms with Crippen molar-refractivity contribution in [3.8, 4) is 0 Å². The lowest BCUT2D eigenvalue weighted by Gasteiger charge is -2.33. The Bertz CT molecular complexity index is 551. The third kappa shape index (κ3) is 8.31. The number of aliphatic imine (C=N–C) groups is 1. The van der Waals surface area contributed by atoms with Gasteiger partial charge in [0.15, 0.2) is 5.96 Å². The summed E-state index contributed by atoms with van der Waals surface area (Å²) >= 11 is 0. The zero-order valence-electron chi connectivity index (χ0n) is 17.6. The van der Waals surface area contributed by atoms with Crippen LogP contribution >= 0.6 is 0 Å². The van der Waals surface area contributed by atoms with Gasteiger partial charge in [0.2, 0.25) is 0 Å². The van der Waals surface area contributed by atoms with Crippen molar-refractivity contribution in [2.75, 3.05) is 46.9 Å². The number of benzene rings is 1. The average molecular weight is 375 g/mol. The third-order valence-corrected chi connectivity index (χ3v) is 5.23. The van der Waals surface area contributed by atoms with Crippen molar-refractivity contribution in [2.45, 2.75) is 45.6 Å². The van der Waals surface area contributed by atoms with Crippen LogP contribution in [0.4, 0.5) is 0 Å². The summed E-state index contributed by atoms with van der Waals surface area (Å²) in [4.78, 5) is 6.97. The first kappa shape index (κ1) is 21.7. The van der Waals surface area contributed by atoms with E-state index < -0.39 is 0 Å². The molecule has 1 heterocycles. The summed E-state index contributed by atoms with van der Waals surface area (Å²) in [7, 11) is 3.63. The SMILES string of the molecule is CN=C(NCC(C)(C)Cc1ccccc1)NC1CCN(CCCOC)CC1. The lowest BCUT2D eigenvalue weighted by molar-refractivity contribution is 0.155. The largest absolute Gasteiger partial charge is 0.385 e. The van der Waals surface area contributed by atoms with E-state index in [1.54, 1.807) is 7.11 Å². The standard InChI is InChI=1S/C22H38N4O/c1-22(2,17-19-9-6-5-7-10-19)18-24-21(23-3)25-20-11-14-26(15-12-20)13-8-16-27-4/h5-7,9-10,20H,8,11-18H2,1-4H3,(H2,23,24,25). The predicted molar refractivity (Wildman–Crippen MR) is 114 cm³/mol. The van der Waals surface area contributed by atoms with Gasteiger partial charge in [-0.3, -0.25) is 4.99 Å². The summed E-state index contributed by atoms with van der Waals surface area (Å²) < 4.78 is 5.15. The van der Waals surface area contributed by atoms with Gasteiger partial charge in [-0.2, -0.15) is 0 Å². The van der Waals surface area contributed by atoms with Gasteiger partial charge >= 0.3 is 0 Å². The van der Waals surface area contributed by atoms with E-state index in [-0.39, 0.29) is 5.41 Å². The van der Waals surface area contributed by atoms with E-state index in [0.29, 0.717) is 6.04 Å². The zero-order valence-corrected chi connectivity index (χ0v) is 17.6. The molecule has 2 rings (SSSR count). The van der Waals surface area contributed by atoms with E-state index in [2.05, 4.69) is 64.7 Å². The lowest BCUT2D eigenvalue weighted by Crippen LogP contribution is -2.50. The summed E-state index contributed by atoms with van der Waals surface area (Å²) in [6, 6.07) is 11.2. The number of nitrogens with one attached hydrogen (secondary N) is 2. The number of hydrogen-bond acceptors (Lipinski definition) is 3. The maximum absolute atomic E-state index is 5.15. The van der Waals surface area contributed by atoms with E-state index >= 15 is 0 Å². The minimum absolute atomic E-state index is 0.170. The van der Waals surface area contributed by atoms with Gasteiger partial charge in [-0.25, -0.2) is 0 Å². The maximum Gasteiger partial charge on any atom is 0.191 e. The van der Waals surface area contributed by atoms with Crippen LogP contribution in [0.15, 0.2) is 35.3 Å². The fourth-order valence-corrected chi connectivity index (χ4v) is 3.66. The van der Waals surface area contributed by atoms with Crippen LogP contribution in [0, 0.1) is 5.41 Å². The molecule has 5 heteroatoms. The molecule has 0 saturated carbocycles. The molecule has 0 aliphatic carbocycles. The van der Waals surface area contributed by atoms with Crippen molar-refractivity contribution in [3.05, 3.63) is 35.9 Å². The minimum atomic E-state index is 0.170. The van der Waals surface area contributed by atoms with E-state index in [4.69, 9.17) is 4.74 Å². The topological polar surface area (TPSA) is 48.9 Å². The van der Waals surface area contributed by atoms with Gasteiger partial charge in [0.1, 0.15) is 0 Å². The summed E-state index contributed by atoms with van der Waals surface area (Å²) in [6.07, 6.45) is 4.51. The van der Waals surface area contributed by atoms with E-state index in [1.165, 1.54) is 18.4 Å². The van der Waals surface area contributed by atoms with Gasteiger partial charge < -0.3 is 20.3 Å².